The Balaban J connectivity index is 1.58. The molecule has 0 aromatic heterocycles. The summed E-state index contributed by atoms with van der Waals surface area (Å²) in [5, 5.41) is 9.31. The van der Waals surface area contributed by atoms with Gasteiger partial charge in [0, 0.05) is 25.2 Å². The third kappa shape index (κ3) is 4.96. The second-order valence-electron chi connectivity index (χ2n) is 8.20. The fourth-order valence-corrected chi connectivity index (χ4v) is 4.46. The number of aromatic carboxylic acids is 1. The zero-order valence-electron chi connectivity index (χ0n) is 17.4. The molecule has 1 N–H and O–H groups in total. The van der Waals surface area contributed by atoms with Crippen LogP contribution in [0.5, 0.6) is 5.75 Å². The summed E-state index contributed by atoms with van der Waals surface area (Å²) in [6.45, 7) is 2.04. The van der Waals surface area contributed by atoms with Crippen LogP contribution in [0.1, 0.15) is 52.7 Å². The van der Waals surface area contributed by atoms with Crippen molar-refractivity contribution in [1.29, 1.82) is 0 Å². The number of allylic oxidation sites excluding steroid dienone is 1. The quantitative estimate of drug-likeness (QED) is 0.668. The molecule has 2 aromatic rings. The Morgan fingerprint density at radius 3 is 2.87 bits per heavy atom. The maximum Gasteiger partial charge on any atom is 0.335 e. The summed E-state index contributed by atoms with van der Waals surface area (Å²) < 4.78 is 33.4. The van der Waals surface area contributed by atoms with Gasteiger partial charge in [-0.15, -0.1) is 0 Å². The largest absolute Gasteiger partial charge is 0.489 e. The zero-order chi connectivity index (χ0) is 21.8. The van der Waals surface area contributed by atoms with Gasteiger partial charge in [0.25, 0.3) is 0 Å². The third-order valence-electron chi connectivity index (χ3n) is 6.01. The van der Waals surface area contributed by atoms with Crippen molar-refractivity contribution in [2.24, 2.45) is 0 Å². The van der Waals surface area contributed by atoms with Gasteiger partial charge in [-0.05, 0) is 79.1 Å². The second kappa shape index (κ2) is 9.60. The van der Waals surface area contributed by atoms with Gasteiger partial charge in [0.1, 0.15) is 17.7 Å². The van der Waals surface area contributed by atoms with E-state index < -0.39 is 5.97 Å². The molecule has 0 spiro atoms. The van der Waals surface area contributed by atoms with Crippen molar-refractivity contribution in [2.45, 2.75) is 38.2 Å². The zero-order valence-corrected chi connectivity index (χ0v) is 17.4. The van der Waals surface area contributed by atoms with Crippen molar-refractivity contribution >= 4 is 11.5 Å². The second-order valence-corrected chi connectivity index (χ2v) is 8.20. The molecular formula is C25H27F2NO3. The van der Waals surface area contributed by atoms with Crippen LogP contribution in [-0.2, 0) is 6.42 Å². The first-order chi connectivity index (χ1) is 15.0. The lowest BCUT2D eigenvalue weighted by atomic mass is 9.92. The Hall–Kier alpha value is -2.73. The van der Waals surface area contributed by atoms with Gasteiger partial charge in [-0.2, -0.15) is 0 Å². The van der Waals surface area contributed by atoms with Gasteiger partial charge in [-0.1, -0.05) is 12.1 Å². The van der Waals surface area contributed by atoms with Crippen LogP contribution in [0.2, 0.25) is 0 Å². The van der Waals surface area contributed by atoms with Crippen LogP contribution in [0, 0.1) is 5.82 Å². The van der Waals surface area contributed by atoms with Crippen LogP contribution in [0.25, 0.3) is 5.57 Å². The summed E-state index contributed by atoms with van der Waals surface area (Å²) in [5.41, 5.74) is 3.29. The van der Waals surface area contributed by atoms with E-state index in [0.29, 0.717) is 17.7 Å². The lowest BCUT2D eigenvalue weighted by molar-refractivity contribution is 0.0696. The van der Waals surface area contributed by atoms with Gasteiger partial charge >= 0.3 is 5.97 Å². The molecule has 0 amide bonds. The minimum atomic E-state index is -0.962. The van der Waals surface area contributed by atoms with E-state index in [2.05, 4.69) is 4.90 Å². The van der Waals surface area contributed by atoms with Crippen LogP contribution in [0.4, 0.5) is 8.78 Å². The van der Waals surface area contributed by atoms with E-state index in [1.807, 2.05) is 6.08 Å². The van der Waals surface area contributed by atoms with Crippen molar-refractivity contribution < 1.29 is 23.4 Å². The van der Waals surface area contributed by atoms with E-state index in [1.165, 1.54) is 6.07 Å². The fraction of sp³-hybridized carbons (Fsp3) is 0.400. The van der Waals surface area contributed by atoms with Crippen LogP contribution >= 0.6 is 0 Å². The SMILES string of the molecule is O=C(O)c1ccc2c(c1)CCCC=C2c1cc(O[C@@H]2CCN(CCCF)C2)ccc1F. The van der Waals surface area contributed by atoms with E-state index in [0.717, 1.165) is 62.0 Å². The van der Waals surface area contributed by atoms with Crippen LogP contribution in [0.15, 0.2) is 42.5 Å². The number of benzene rings is 2. The molecule has 6 heteroatoms. The third-order valence-corrected chi connectivity index (χ3v) is 6.01. The molecule has 31 heavy (non-hydrogen) atoms. The highest BCUT2D eigenvalue weighted by atomic mass is 19.1. The number of likely N-dealkylation sites (tertiary alicyclic amines) is 1. The molecule has 0 radical (unpaired) electrons. The summed E-state index contributed by atoms with van der Waals surface area (Å²) in [5.74, 6) is -0.677. The minimum Gasteiger partial charge on any atom is -0.489 e. The highest BCUT2D eigenvalue weighted by Gasteiger charge is 2.24. The molecule has 0 saturated carbocycles. The van der Waals surface area contributed by atoms with Gasteiger partial charge in [-0.3, -0.25) is 9.29 Å². The van der Waals surface area contributed by atoms with E-state index >= 15 is 0 Å². The Bertz CT molecular complexity index is 989. The number of ether oxygens (including phenoxy) is 1. The molecular weight excluding hydrogens is 400 g/mol. The Morgan fingerprint density at radius 2 is 2.06 bits per heavy atom. The van der Waals surface area contributed by atoms with Crippen LogP contribution < -0.4 is 4.74 Å². The molecule has 164 valence electrons. The lowest BCUT2D eigenvalue weighted by Crippen LogP contribution is -2.26. The molecule has 2 aromatic carbocycles. The molecule has 1 aliphatic carbocycles. The molecule has 1 fully saturated rings. The van der Waals surface area contributed by atoms with Crippen LogP contribution in [0.3, 0.4) is 0 Å². The predicted octanol–water partition coefficient (Wildman–Crippen LogP) is 5.10. The number of carboxylic acid groups (broad SMARTS) is 1. The number of aryl methyl sites for hydroxylation is 1. The smallest absolute Gasteiger partial charge is 0.335 e. The lowest BCUT2D eigenvalue weighted by Gasteiger charge is -2.18. The van der Waals surface area contributed by atoms with E-state index in [4.69, 9.17) is 4.74 Å². The minimum absolute atomic E-state index is 0.00597. The summed E-state index contributed by atoms with van der Waals surface area (Å²) in [7, 11) is 0. The van der Waals surface area contributed by atoms with Crippen molar-refractivity contribution in [3.8, 4) is 5.75 Å². The van der Waals surface area contributed by atoms with Crippen molar-refractivity contribution in [3.05, 3.63) is 70.5 Å². The summed E-state index contributed by atoms with van der Waals surface area (Å²) in [6.07, 6.45) is 5.87. The number of hydrogen-bond donors (Lipinski definition) is 1. The number of carboxylic acids is 1. The predicted molar refractivity (Wildman–Crippen MR) is 116 cm³/mol. The van der Waals surface area contributed by atoms with E-state index in [-0.39, 0.29) is 24.2 Å². The highest BCUT2D eigenvalue weighted by molar-refractivity contribution is 5.90. The summed E-state index contributed by atoms with van der Waals surface area (Å²) >= 11 is 0. The van der Waals surface area contributed by atoms with Gasteiger partial charge in [0.15, 0.2) is 0 Å². The normalized spacial score (nSPS) is 18.9. The Kier molecular flexibility index (Phi) is 6.66. The maximum absolute atomic E-state index is 14.9. The molecule has 0 bridgehead atoms. The fourth-order valence-electron chi connectivity index (χ4n) is 4.46. The van der Waals surface area contributed by atoms with Gasteiger partial charge in [0.2, 0.25) is 0 Å². The number of hydrogen-bond acceptors (Lipinski definition) is 3. The topological polar surface area (TPSA) is 49.8 Å². The van der Waals surface area contributed by atoms with E-state index in [1.54, 1.807) is 30.3 Å². The number of fused-ring (bicyclic) bond motifs is 1. The van der Waals surface area contributed by atoms with E-state index in [9.17, 15) is 18.7 Å². The summed E-state index contributed by atoms with van der Waals surface area (Å²) in [6, 6.07) is 9.86. The van der Waals surface area contributed by atoms with Gasteiger partial charge in [0.05, 0.1) is 12.2 Å². The van der Waals surface area contributed by atoms with Crippen molar-refractivity contribution in [1.82, 2.24) is 4.90 Å². The first kappa shape index (κ1) is 21.5. The molecule has 4 nitrogen and oxygen atoms in total. The molecule has 1 aliphatic heterocycles. The molecule has 1 atom stereocenters. The number of nitrogens with zero attached hydrogens (tertiary/aromatic N) is 1. The molecule has 1 saturated heterocycles. The Morgan fingerprint density at radius 1 is 1.19 bits per heavy atom. The number of rotatable bonds is 7. The molecule has 0 unspecified atom stereocenters. The molecule has 1 heterocycles. The maximum atomic E-state index is 14.9. The Labute approximate surface area is 181 Å². The van der Waals surface area contributed by atoms with Crippen LogP contribution in [-0.4, -0.2) is 48.4 Å². The first-order valence-corrected chi connectivity index (χ1v) is 10.9. The standard InChI is InChI=1S/C25H27F2NO3/c26-11-3-12-28-13-10-20(16-28)31-19-7-9-24(27)23(15-19)22-5-2-1-4-17-14-18(25(29)30)6-8-21(17)22/h5-9,14-15,20H,1-4,10-13,16H2,(H,29,30)/t20-/m1/s1. The van der Waals surface area contributed by atoms with Gasteiger partial charge in [-0.25, -0.2) is 9.18 Å². The van der Waals surface area contributed by atoms with Gasteiger partial charge < -0.3 is 9.84 Å². The first-order valence-electron chi connectivity index (χ1n) is 10.9. The number of alkyl halides is 1. The number of halogens is 2. The van der Waals surface area contributed by atoms with Crippen molar-refractivity contribution in [2.75, 3.05) is 26.3 Å². The summed E-state index contributed by atoms with van der Waals surface area (Å²) in [4.78, 5) is 13.5. The average molecular weight is 427 g/mol. The van der Waals surface area contributed by atoms with Crippen molar-refractivity contribution in [3.63, 3.8) is 0 Å². The molecule has 2 aliphatic rings. The average Bonchev–Trinajstić information content (AvgIpc) is 3.10. The number of carbonyl (C=O) groups is 1. The monoisotopic (exact) mass is 427 g/mol. The molecule has 4 rings (SSSR count). The highest BCUT2D eigenvalue weighted by Crippen LogP contribution is 2.35.